The first kappa shape index (κ1) is 29.9. The molecule has 6 rings (SSSR count). The summed E-state index contributed by atoms with van der Waals surface area (Å²) < 4.78 is 74.4. The van der Waals surface area contributed by atoms with Crippen LogP contribution in [0, 0.1) is 5.82 Å². The number of methoxy groups -OCH3 is 1. The standard InChI is InChI=1S/C32H31F4N3O5/c1-18-24-14-27(44-17-19-3-5-22(33)6-4-19)25(32(34,35)36)11-20(24)7-9-38(18)16-29-37-30-26(39(29)15-23-8-10-43-23)12-21(31(40)41)13-28(30)42-2/h3-6,11-14,18,23H,7-10,15-17H2,1-2H3,(H,40,41)/t18-,23-/m0/s1. The molecule has 0 spiro atoms. The van der Waals surface area contributed by atoms with Gasteiger partial charge >= 0.3 is 12.1 Å². The van der Waals surface area contributed by atoms with Crippen LogP contribution in [-0.4, -0.2) is 51.9 Å². The van der Waals surface area contributed by atoms with Crippen LogP contribution in [-0.2, 0) is 37.0 Å². The zero-order valence-electron chi connectivity index (χ0n) is 24.2. The number of benzene rings is 3. The predicted molar refractivity (Wildman–Crippen MR) is 152 cm³/mol. The Morgan fingerprint density at radius 3 is 2.52 bits per heavy atom. The molecule has 4 aromatic rings. The van der Waals surface area contributed by atoms with Gasteiger partial charge in [0.2, 0.25) is 0 Å². The number of aromatic nitrogens is 2. The van der Waals surface area contributed by atoms with Gasteiger partial charge in [-0.05, 0) is 72.9 Å². The fourth-order valence-electron chi connectivity index (χ4n) is 5.86. The number of hydrogen-bond acceptors (Lipinski definition) is 6. The number of rotatable bonds is 9. The van der Waals surface area contributed by atoms with Gasteiger partial charge in [0.05, 0.1) is 42.9 Å². The van der Waals surface area contributed by atoms with Crippen LogP contribution in [0.2, 0.25) is 0 Å². The molecule has 1 N–H and O–H groups in total. The second kappa shape index (κ2) is 11.7. The number of carbonyl (C=O) groups is 1. The Bertz CT molecular complexity index is 1700. The van der Waals surface area contributed by atoms with Crippen molar-refractivity contribution in [3.8, 4) is 11.5 Å². The normalized spacial score (nSPS) is 18.6. The maximum absolute atomic E-state index is 14.1. The van der Waals surface area contributed by atoms with Crippen LogP contribution in [0.25, 0.3) is 11.0 Å². The zero-order valence-corrected chi connectivity index (χ0v) is 24.2. The Labute approximate surface area is 250 Å². The summed E-state index contributed by atoms with van der Waals surface area (Å²) in [5.74, 6) is -0.798. The van der Waals surface area contributed by atoms with Crippen molar-refractivity contribution in [3.63, 3.8) is 0 Å². The van der Waals surface area contributed by atoms with E-state index in [-0.39, 0.29) is 30.1 Å². The molecule has 12 heteroatoms. The lowest BCUT2D eigenvalue weighted by molar-refractivity contribution is -0.139. The Balaban J connectivity index is 1.33. The first-order chi connectivity index (χ1) is 21.0. The molecule has 1 aromatic heterocycles. The highest BCUT2D eigenvalue weighted by atomic mass is 19.4. The number of alkyl halides is 3. The molecule has 232 valence electrons. The number of halogens is 4. The Kier molecular flexibility index (Phi) is 7.97. The van der Waals surface area contributed by atoms with Gasteiger partial charge in [-0.25, -0.2) is 14.2 Å². The van der Waals surface area contributed by atoms with Gasteiger partial charge in [0.25, 0.3) is 0 Å². The van der Waals surface area contributed by atoms with E-state index in [2.05, 4.69) is 4.90 Å². The molecule has 1 saturated heterocycles. The first-order valence-corrected chi connectivity index (χ1v) is 14.3. The highest BCUT2D eigenvalue weighted by Crippen LogP contribution is 2.42. The molecule has 0 bridgehead atoms. The number of carboxylic acid groups (broad SMARTS) is 1. The molecule has 0 aliphatic carbocycles. The lowest BCUT2D eigenvalue weighted by Gasteiger charge is -2.36. The Hall–Kier alpha value is -4.16. The van der Waals surface area contributed by atoms with E-state index in [0.29, 0.717) is 72.0 Å². The van der Waals surface area contributed by atoms with Gasteiger partial charge in [-0.3, -0.25) is 4.90 Å². The Morgan fingerprint density at radius 2 is 1.89 bits per heavy atom. The van der Waals surface area contributed by atoms with Crippen molar-refractivity contribution >= 4 is 17.0 Å². The summed E-state index contributed by atoms with van der Waals surface area (Å²) >= 11 is 0. The quantitative estimate of drug-likeness (QED) is 0.219. The fourth-order valence-corrected chi connectivity index (χ4v) is 5.86. The molecular formula is C32H31F4N3O5. The number of nitrogens with zero attached hydrogens (tertiary/aromatic N) is 3. The molecule has 3 aromatic carbocycles. The molecule has 2 atom stereocenters. The number of hydrogen-bond donors (Lipinski definition) is 1. The summed E-state index contributed by atoms with van der Waals surface area (Å²) in [5, 5.41) is 9.68. The third-order valence-corrected chi connectivity index (χ3v) is 8.41. The van der Waals surface area contributed by atoms with E-state index in [1.165, 1.54) is 49.6 Å². The lowest BCUT2D eigenvalue weighted by atomic mass is 9.91. The minimum absolute atomic E-state index is 0.0354. The summed E-state index contributed by atoms with van der Waals surface area (Å²) in [6.45, 7) is 3.77. The molecule has 2 aliphatic rings. The molecule has 8 nitrogen and oxygen atoms in total. The molecule has 3 heterocycles. The van der Waals surface area contributed by atoms with E-state index in [1.54, 1.807) is 6.07 Å². The van der Waals surface area contributed by atoms with E-state index >= 15 is 0 Å². The summed E-state index contributed by atoms with van der Waals surface area (Å²) in [4.78, 5) is 18.8. The lowest BCUT2D eigenvalue weighted by Crippen LogP contribution is -2.36. The van der Waals surface area contributed by atoms with Crippen LogP contribution >= 0.6 is 0 Å². The van der Waals surface area contributed by atoms with Gasteiger partial charge < -0.3 is 23.9 Å². The number of aromatic carboxylic acids is 1. The van der Waals surface area contributed by atoms with Crippen LogP contribution in [0.1, 0.15) is 57.8 Å². The Morgan fingerprint density at radius 1 is 1.14 bits per heavy atom. The van der Waals surface area contributed by atoms with Gasteiger partial charge in [-0.1, -0.05) is 12.1 Å². The van der Waals surface area contributed by atoms with Crippen LogP contribution < -0.4 is 9.47 Å². The molecule has 44 heavy (non-hydrogen) atoms. The van der Waals surface area contributed by atoms with Crippen molar-refractivity contribution in [2.45, 2.75) is 57.8 Å². The minimum Gasteiger partial charge on any atom is -0.494 e. The summed E-state index contributed by atoms with van der Waals surface area (Å²) in [5.41, 5.74) is 2.23. The fraction of sp³-hybridized carbons (Fsp3) is 0.375. The van der Waals surface area contributed by atoms with Crippen LogP contribution in [0.4, 0.5) is 17.6 Å². The SMILES string of the molecule is COc1cc(C(=O)O)cc2c1nc(CN1CCc3cc(C(F)(F)F)c(OCc4ccc(F)cc4)cc3[C@@H]1C)n2C[C@@H]1CCO1. The highest BCUT2D eigenvalue weighted by molar-refractivity contribution is 5.95. The second-order valence-electron chi connectivity index (χ2n) is 11.1. The number of ether oxygens (including phenoxy) is 3. The number of fused-ring (bicyclic) bond motifs is 2. The van der Waals surface area contributed by atoms with E-state index < -0.39 is 23.5 Å². The van der Waals surface area contributed by atoms with Gasteiger partial charge in [-0.15, -0.1) is 0 Å². The van der Waals surface area contributed by atoms with E-state index in [1.807, 2.05) is 11.5 Å². The van der Waals surface area contributed by atoms with Crippen molar-refractivity contribution in [1.29, 1.82) is 0 Å². The predicted octanol–water partition coefficient (Wildman–Crippen LogP) is 6.39. The first-order valence-electron chi connectivity index (χ1n) is 14.3. The van der Waals surface area contributed by atoms with Gasteiger partial charge in [0.15, 0.2) is 0 Å². The van der Waals surface area contributed by atoms with E-state index in [0.717, 1.165) is 6.42 Å². The van der Waals surface area contributed by atoms with Crippen molar-refractivity contribution in [1.82, 2.24) is 14.5 Å². The summed E-state index contributed by atoms with van der Waals surface area (Å²) in [6, 6.07) is 10.8. The smallest absolute Gasteiger partial charge is 0.419 e. The highest BCUT2D eigenvalue weighted by Gasteiger charge is 2.37. The monoisotopic (exact) mass is 613 g/mol. The molecule has 0 amide bonds. The molecule has 0 unspecified atom stereocenters. The molecule has 1 fully saturated rings. The maximum atomic E-state index is 14.1. The van der Waals surface area contributed by atoms with Crippen LogP contribution in [0.5, 0.6) is 11.5 Å². The third kappa shape index (κ3) is 5.83. The number of carboxylic acids is 1. The average Bonchev–Trinajstić information content (AvgIpc) is 3.31. The van der Waals surface area contributed by atoms with Gasteiger partial charge in [-0.2, -0.15) is 13.2 Å². The zero-order chi connectivity index (χ0) is 31.2. The average molecular weight is 614 g/mol. The van der Waals surface area contributed by atoms with Crippen LogP contribution in [0.3, 0.4) is 0 Å². The van der Waals surface area contributed by atoms with Crippen LogP contribution in [0.15, 0.2) is 48.5 Å². The number of imidazole rings is 1. The van der Waals surface area contributed by atoms with Crippen molar-refractivity contribution in [3.05, 3.63) is 88.0 Å². The molecule has 2 aliphatic heterocycles. The molecule has 0 radical (unpaired) electrons. The largest absolute Gasteiger partial charge is 0.494 e. The second-order valence-corrected chi connectivity index (χ2v) is 11.1. The minimum atomic E-state index is -4.62. The molecular weight excluding hydrogens is 582 g/mol. The molecule has 0 saturated carbocycles. The van der Waals surface area contributed by atoms with Gasteiger partial charge in [0, 0.05) is 19.2 Å². The van der Waals surface area contributed by atoms with Gasteiger partial charge in [0.1, 0.15) is 35.3 Å². The summed E-state index contributed by atoms with van der Waals surface area (Å²) in [7, 11) is 1.46. The van der Waals surface area contributed by atoms with Crippen molar-refractivity contribution in [2.24, 2.45) is 0 Å². The van der Waals surface area contributed by atoms with Crippen molar-refractivity contribution < 1.29 is 41.7 Å². The van der Waals surface area contributed by atoms with E-state index in [9.17, 15) is 27.5 Å². The van der Waals surface area contributed by atoms with E-state index in [4.69, 9.17) is 19.2 Å². The maximum Gasteiger partial charge on any atom is 0.419 e. The van der Waals surface area contributed by atoms with Crippen molar-refractivity contribution in [2.75, 3.05) is 20.3 Å². The third-order valence-electron chi connectivity index (χ3n) is 8.41. The topological polar surface area (TPSA) is 86.0 Å². The summed E-state index contributed by atoms with van der Waals surface area (Å²) in [6.07, 6.45) is -3.40.